The molecule has 0 aliphatic carbocycles. The van der Waals surface area contributed by atoms with E-state index in [0.29, 0.717) is 5.92 Å². The van der Waals surface area contributed by atoms with E-state index in [1.807, 2.05) is 0 Å². The van der Waals surface area contributed by atoms with Gasteiger partial charge in [-0.2, -0.15) is 0 Å². The molecule has 0 amide bonds. The lowest BCUT2D eigenvalue weighted by Crippen LogP contribution is -2.18. The van der Waals surface area contributed by atoms with E-state index >= 15 is 0 Å². The van der Waals surface area contributed by atoms with E-state index in [1.54, 1.807) is 0 Å². The smallest absolute Gasteiger partial charge is 0.114 e. The van der Waals surface area contributed by atoms with Gasteiger partial charge < -0.3 is 0 Å². The number of hydrogen-bond donors (Lipinski definition) is 0. The Morgan fingerprint density at radius 2 is 1.92 bits per heavy atom. The molecule has 0 aliphatic heterocycles. The lowest BCUT2D eigenvalue weighted by atomic mass is 9.83. The Labute approximate surface area is 79.5 Å². The molecule has 0 unspecified atom stereocenters. The van der Waals surface area contributed by atoms with Crippen LogP contribution in [0.2, 0.25) is 0 Å². The van der Waals surface area contributed by atoms with Gasteiger partial charge in [-0.15, -0.1) is 0 Å². The van der Waals surface area contributed by atoms with E-state index < -0.39 is 0 Å². The summed E-state index contributed by atoms with van der Waals surface area (Å²) in [6, 6.07) is 0. The Balaban J connectivity index is 3.07. The molecule has 74 valence electrons. The quantitative estimate of drug-likeness (QED) is 0.721. The van der Waals surface area contributed by atoms with Crippen LogP contribution in [-0.4, -0.2) is 10.3 Å². The molecule has 0 fully saturated rings. The Kier molecular flexibility index (Phi) is 2.74. The molecule has 1 rings (SSSR count). The van der Waals surface area contributed by atoms with Crippen molar-refractivity contribution < 1.29 is 4.63 Å². The lowest BCUT2D eigenvalue weighted by Gasteiger charge is -2.20. The van der Waals surface area contributed by atoms with Crippen molar-refractivity contribution in [2.24, 2.45) is 0 Å². The highest BCUT2D eigenvalue weighted by atomic mass is 16.6. The summed E-state index contributed by atoms with van der Waals surface area (Å²) in [7, 11) is 0. The van der Waals surface area contributed by atoms with Gasteiger partial charge in [0.2, 0.25) is 0 Å². The average Bonchev–Trinajstić information content (AvgIpc) is 2.52. The minimum atomic E-state index is 0.0691. The molecule has 0 radical (unpaired) electrons. The minimum Gasteiger partial charge on any atom is -0.244 e. The zero-order valence-electron chi connectivity index (χ0n) is 9.09. The van der Waals surface area contributed by atoms with Gasteiger partial charge >= 0.3 is 0 Å². The van der Waals surface area contributed by atoms with Crippen LogP contribution in [0, 0.1) is 0 Å². The molecular formula is C10H18N2O. The first-order chi connectivity index (χ1) is 5.99. The molecule has 1 heterocycles. The first kappa shape index (κ1) is 10.2. The van der Waals surface area contributed by atoms with Crippen LogP contribution < -0.4 is 0 Å². The standard InChI is InChI=1S/C10H18N2O/c1-6-10(4,5)9-8(7(2)3)11-13-12-9/h7H,6H2,1-5H3. The summed E-state index contributed by atoms with van der Waals surface area (Å²) < 4.78 is 4.80. The summed E-state index contributed by atoms with van der Waals surface area (Å²) in [5.41, 5.74) is 2.07. The van der Waals surface area contributed by atoms with Crippen molar-refractivity contribution in [3.8, 4) is 0 Å². The second-order valence-corrected chi connectivity index (χ2v) is 4.39. The molecule has 0 N–H and O–H groups in total. The van der Waals surface area contributed by atoms with Gasteiger partial charge in [-0.1, -0.05) is 44.9 Å². The van der Waals surface area contributed by atoms with Crippen LogP contribution in [0.1, 0.15) is 58.3 Å². The fourth-order valence-electron chi connectivity index (χ4n) is 1.21. The maximum Gasteiger partial charge on any atom is 0.114 e. The summed E-state index contributed by atoms with van der Waals surface area (Å²) in [5.74, 6) is 0.382. The molecule has 1 aromatic rings. The van der Waals surface area contributed by atoms with E-state index in [2.05, 4.69) is 44.9 Å². The minimum absolute atomic E-state index is 0.0691. The average molecular weight is 182 g/mol. The largest absolute Gasteiger partial charge is 0.244 e. The molecule has 0 aromatic carbocycles. The van der Waals surface area contributed by atoms with Crippen LogP contribution in [-0.2, 0) is 5.41 Å². The molecule has 3 nitrogen and oxygen atoms in total. The van der Waals surface area contributed by atoms with Gasteiger partial charge in [0.05, 0.1) is 0 Å². The summed E-state index contributed by atoms with van der Waals surface area (Å²) in [6.07, 6.45) is 1.04. The van der Waals surface area contributed by atoms with Gasteiger partial charge in [0.1, 0.15) is 11.4 Å². The summed E-state index contributed by atoms with van der Waals surface area (Å²) in [5, 5.41) is 7.94. The molecule has 0 saturated heterocycles. The third-order valence-corrected chi connectivity index (χ3v) is 2.59. The van der Waals surface area contributed by atoms with Crippen LogP contribution in [0.3, 0.4) is 0 Å². The van der Waals surface area contributed by atoms with Crippen LogP contribution in [0.15, 0.2) is 4.63 Å². The topological polar surface area (TPSA) is 38.9 Å². The van der Waals surface area contributed by atoms with Gasteiger partial charge in [-0.05, 0) is 6.42 Å². The van der Waals surface area contributed by atoms with Crippen molar-refractivity contribution in [2.45, 2.75) is 52.4 Å². The molecule has 0 spiro atoms. The maximum absolute atomic E-state index is 4.80. The zero-order chi connectivity index (χ0) is 10.1. The van der Waals surface area contributed by atoms with Crippen LogP contribution in [0.5, 0.6) is 0 Å². The van der Waals surface area contributed by atoms with Crippen molar-refractivity contribution >= 4 is 0 Å². The highest BCUT2D eigenvalue weighted by Gasteiger charge is 2.27. The highest BCUT2D eigenvalue weighted by molar-refractivity contribution is 5.20. The first-order valence-corrected chi connectivity index (χ1v) is 4.82. The van der Waals surface area contributed by atoms with Crippen molar-refractivity contribution in [1.29, 1.82) is 0 Å². The van der Waals surface area contributed by atoms with Gasteiger partial charge in [-0.3, -0.25) is 0 Å². The van der Waals surface area contributed by atoms with Crippen molar-refractivity contribution in [3.63, 3.8) is 0 Å². The molecule has 0 atom stereocenters. The molecule has 0 bridgehead atoms. The molecular weight excluding hydrogens is 164 g/mol. The highest BCUT2D eigenvalue weighted by Crippen LogP contribution is 2.30. The van der Waals surface area contributed by atoms with Crippen LogP contribution in [0.4, 0.5) is 0 Å². The predicted molar refractivity (Wildman–Crippen MR) is 51.7 cm³/mol. The Morgan fingerprint density at radius 1 is 1.31 bits per heavy atom. The second kappa shape index (κ2) is 3.48. The van der Waals surface area contributed by atoms with Crippen LogP contribution >= 0.6 is 0 Å². The second-order valence-electron chi connectivity index (χ2n) is 4.39. The molecule has 1 aromatic heterocycles. The SMILES string of the molecule is CCC(C)(C)c1nonc1C(C)C. The first-order valence-electron chi connectivity index (χ1n) is 4.82. The van der Waals surface area contributed by atoms with Gasteiger partial charge in [0.25, 0.3) is 0 Å². The molecule has 3 heteroatoms. The monoisotopic (exact) mass is 182 g/mol. The number of rotatable bonds is 3. The third-order valence-electron chi connectivity index (χ3n) is 2.59. The van der Waals surface area contributed by atoms with E-state index in [4.69, 9.17) is 4.63 Å². The Hall–Kier alpha value is -0.860. The van der Waals surface area contributed by atoms with Gasteiger partial charge in [0, 0.05) is 11.3 Å². The summed E-state index contributed by atoms with van der Waals surface area (Å²) >= 11 is 0. The van der Waals surface area contributed by atoms with E-state index in [9.17, 15) is 0 Å². The predicted octanol–water partition coefficient (Wildman–Crippen LogP) is 2.88. The summed E-state index contributed by atoms with van der Waals surface area (Å²) in [4.78, 5) is 0. The van der Waals surface area contributed by atoms with Crippen molar-refractivity contribution in [2.75, 3.05) is 0 Å². The molecule has 0 aliphatic rings. The Morgan fingerprint density at radius 3 is 2.38 bits per heavy atom. The van der Waals surface area contributed by atoms with E-state index in [0.717, 1.165) is 17.8 Å². The zero-order valence-corrected chi connectivity index (χ0v) is 9.09. The summed E-state index contributed by atoms with van der Waals surface area (Å²) in [6.45, 7) is 10.7. The van der Waals surface area contributed by atoms with Crippen molar-refractivity contribution in [3.05, 3.63) is 11.4 Å². The van der Waals surface area contributed by atoms with Crippen molar-refractivity contribution in [1.82, 2.24) is 10.3 Å². The normalized spacial score (nSPS) is 12.5. The number of aromatic nitrogens is 2. The molecule has 13 heavy (non-hydrogen) atoms. The van der Waals surface area contributed by atoms with Crippen LogP contribution in [0.25, 0.3) is 0 Å². The molecule has 0 saturated carbocycles. The van der Waals surface area contributed by atoms with Gasteiger partial charge in [0.15, 0.2) is 0 Å². The van der Waals surface area contributed by atoms with E-state index in [1.165, 1.54) is 0 Å². The lowest BCUT2D eigenvalue weighted by molar-refractivity contribution is 0.291. The number of nitrogens with zero attached hydrogens (tertiary/aromatic N) is 2. The van der Waals surface area contributed by atoms with E-state index in [-0.39, 0.29) is 5.41 Å². The number of hydrogen-bond acceptors (Lipinski definition) is 3. The van der Waals surface area contributed by atoms with Gasteiger partial charge in [-0.25, -0.2) is 4.63 Å². The fraction of sp³-hybridized carbons (Fsp3) is 0.800. The third kappa shape index (κ3) is 1.90. The fourth-order valence-corrected chi connectivity index (χ4v) is 1.21. The Bertz CT molecular complexity index is 276. The maximum atomic E-state index is 4.80.